The molecule has 2 saturated carbocycles. The maximum atomic E-state index is 12.4. The van der Waals surface area contributed by atoms with Crippen molar-refractivity contribution in [1.29, 1.82) is 0 Å². The summed E-state index contributed by atoms with van der Waals surface area (Å²) < 4.78 is 29.7. The van der Waals surface area contributed by atoms with E-state index in [1.165, 1.54) is 12.8 Å². The van der Waals surface area contributed by atoms with Gasteiger partial charge in [0.1, 0.15) is 0 Å². The average molecular weight is 311 g/mol. The molecule has 1 aromatic heterocycles. The SMILES string of the molecule is CC1CC1NS(=O)(=O)c1cc(CNC2CC2)n(C(C)C)c1. The average Bonchev–Trinajstić information content (AvgIpc) is 3.28. The van der Waals surface area contributed by atoms with Gasteiger partial charge >= 0.3 is 0 Å². The van der Waals surface area contributed by atoms with Crippen LogP contribution in [0.2, 0.25) is 0 Å². The van der Waals surface area contributed by atoms with Gasteiger partial charge in [0.05, 0.1) is 4.90 Å². The first-order chi connectivity index (χ1) is 9.87. The van der Waals surface area contributed by atoms with E-state index in [0.29, 0.717) is 16.9 Å². The van der Waals surface area contributed by atoms with E-state index in [9.17, 15) is 8.42 Å². The second kappa shape index (κ2) is 5.41. The Morgan fingerprint density at radius 1 is 1.38 bits per heavy atom. The lowest BCUT2D eigenvalue weighted by Crippen LogP contribution is -2.26. The van der Waals surface area contributed by atoms with Gasteiger partial charge in [-0.2, -0.15) is 0 Å². The fourth-order valence-electron chi connectivity index (χ4n) is 2.56. The van der Waals surface area contributed by atoms with Crippen molar-refractivity contribution in [3.05, 3.63) is 18.0 Å². The Hall–Kier alpha value is -0.850. The second-order valence-corrected chi connectivity index (χ2v) is 8.48. The van der Waals surface area contributed by atoms with E-state index in [2.05, 4.69) is 35.4 Å². The Balaban J connectivity index is 1.79. The van der Waals surface area contributed by atoms with Gasteiger partial charge in [0.15, 0.2) is 0 Å². The molecule has 0 aromatic carbocycles. The first-order valence-electron chi connectivity index (χ1n) is 7.83. The minimum atomic E-state index is -3.39. The van der Waals surface area contributed by atoms with E-state index in [-0.39, 0.29) is 12.1 Å². The Morgan fingerprint density at radius 2 is 2.05 bits per heavy atom. The monoisotopic (exact) mass is 311 g/mol. The molecule has 0 aliphatic heterocycles. The summed E-state index contributed by atoms with van der Waals surface area (Å²) in [6, 6.07) is 2.80. The molecule has 1 heterocycles. The van der Waals surface area contributed by atoms with Gasteiger partial charge < -0.3 is 9.88 Å². The summed E-state index contributed by atoms with van der Waals surface area (Å²) in [6.07, 6.45) is 5.17. The summed E-state index contributed by atoms with van der Waals surface area (Å²) in [6.45, 7) is 6.95. The fraction of sp³-hybridized carbons (Fsp3) is 0.733. The number of rotatable bonds is 7. The molecule has 0 spiro atoms. The molecule has 118 valence electrons. The smallest absolute Gasteiger partial charge is 0.242 e. The molecule has 0 saturated heterocycles. The zero-order valence-electron chi connectivity index (χ0n) is 13.0. The van der Waals surface area contributed by atoms with Crippen molar-refractivity contribution in [2.45, 2.75) is 69.6 Å². The summed E-state index contributed by atoms with van der Waals surface area (Å²) in [5.41, 5.74) is 1.04. The third-order valence-corrected chi connectivity index (χ3v) is 5.80. The van der Waals surface area contributed by atoms with Gasteiger partial charge in [0.2, 0.25) is 10.0 Å². The minimum absolute atomic E-state index is 0.116. The van der Waals surface area contributed by atoms with Crippen molar-refractivity contribution in [3.8, 4) is 0 Å². The Kier molecular flexibility index (Phi) is 3.88. The highest BCUT2D eigenvalue weighted by molar-refractivity contribution is 7.89. The van der Waals surface area contributed by atoms with Gasteiger partial charge in [-0.1, -0.05) is 6.92 Å². The van der Waals surface area contributed by atoms with E-state index in [0.717, 1.165) is 18.7 Å². The van der Waals surface area contributed by atoms with Crippen molar-refractivity contribution < 1.29 is 8.42 Å². The first-order valence-corrected chi connectivity index (χ1v) is 9.31. The lowest BCUT2D eigenvalue weighted by molar-refractivity contribution is 0.549. The highest BCUT2D eigenvalue weighted by atomic mass is 32.2. The third kappa shape index (κ3) is 3.49. The largest absolute Gasteiger partial charge is 0.346 e. The van der Waals surface area contributed by atoms with Crippen molar-refractivity contribution >= 4 is 10.0 Å². The second-order valence-electron chi connectivity index (χ2n) is 6.76. The molecule has 6 heteroatoms. The van der Waals surface area contributed by atoms with E-state index < -0.39 is 10.0 Å². The van der Waals surface area contributed by atoms with Crippen LogP contribution < -0.4 is 10.0 Å². The summed E-state index contributed by atoms with van der Waals surface area (Å²) in [5.74, 6) is 0.461. The van der Waals surface area contributed by atoms with Crippen molar-refractivity contribution in [3.63, 3.8) is 0 Å². The van der Waals surface area contributed by atoms with Gasteiger partial charge in [-0.15, -0.1) is 0 Å². The fourth-order valence-corrected chi connectivity index (χ4v) is 3.96. The third-order valence-electron chi connectivity index (χ3n) is 4.34. The Labute approximate surface area is 127 Å². The summed E-state index contributed by atoms with van der Waals surface area (Å²) >= 11 is 0. The standard InChI is InChI=1S/C15H25N3O2S/c1-10(2)18-9-14(7-13(18)8-16-12-4-5-12)21(19,20)17-15-6-11(15)3/h7,9-12,15-17H,4-6,8H2,1-3H3. The van der Waals surface area contributed by atoms with Crippen molar-refractivity contribution in [2.24, 2.45) is 5.92 Å². The highest BCUT2D eigenvalue weighted by Gasteiger charge is 2.37. The van der Waals surface area contributed by atoms with Crippen LogP contribution in [0.1, 0.15) is 51.8 Å². The first kappa shape index (κ1) is 15.1. The van der Waals surface area contributed by atoms with Gasteiger partial charge in [-0.3, -0.25) is 0 Å². The topological polar surface area (TPSA) is 63.1 Å². The molecule has 3 rings (SSSR count). The molecule has 21 heavy (non-hydrogen) atoms. The zero-order chi connectivity index (χ0) is 15.2. The van der Waals surface area contributed by atoms with E-state index in [1.54, 1.807) is 6.20 Å². The number of hydrogen-bond donors (Lipinski definition) is 2. The van der Waals surface area contributed by atoms with Gasteiger partial charge in [0.25, 0.3) is 0 Å². The number of aromatic nitrogens is 1. The molecule has 0 radical (unpaired) electrons. The Morgan fingerprint density at radius 3 is 2.57 bits per heavy atom. The molecule has 2 atom stereocenters. The van der Waals surface area contributed by atoms with Gasteiger partial charge in [-0.25, -0.2) is 13.1 Å². The molecule has 2 aliphatic carbocycles. The molecule has 0 amide bonds. The zero-order valence-corrected chi connectivity index (χ0v) is 13.8. The maximum Gasteiger partial charge on any atom is 0.242 e. The minimum Gasteiger partial charge on any atom is -0.346 e. The van der Waals surface area contributed by atoms with Crippen LogP contribution in [0.25, 0.3) is 0 Å². The predicted octanol–water partition coefficient (Wildman–Crippen LogP) is 2.01. The number of sulfonamides is 1. The molecule has 2 N–H and O–H groups in total. The summed E-state index contributed by atoms with van der Waals surface area (Å²) in [5, 5.41) is 3.46. The van der Waals surface area contributed by atoms with Crippen LogP contribution in [-0.4, -0.2) is 25.1 Å². The van der Waals surface area contributed by atoms with E-state index >= 15 is 0 Å². The van der Waals surface area contributed by atoms with E-state index in [1.807, 2.05) is 6.07 Å². The predicted molar refractivity (Wildman–Crippen MR) is 82.6 cm³/mol. The van der Waals surface area contributed by atoms with Crippen molar-refractivity contribution in [1.82, 2.24) is 14.6 Å². The molecule has 0 bridgehead atoms. The normalized spacial score (nSPS) is 25.5. The summed E-state index contributed by atoms with van der Waals surface area (Å²) in [4.78, 5) is 0.392. The van der Waals surface area contributed by atoms with Crippen LogP contribution in [0.15, 0.2) is 17.2 Å². The van der Waals surface area contributed by atoms with Crippen LogP contribution in [0, 0.1) is 5.92 Å². The molecule has 2 fully saturated rings. The van der Waals surface area contributed by atoms with Gasteiger partial charge in [0, 0.05) is 36.6 Å². The van der Waals surface area contributed by atoms with Crippen LogP contribution >= 0.6 is 0 Å². The highest BCUT2D eigenvalue weighted by Crippen LogP contribution is 2.31. The molecule has 5 nitrogen and oxygen atoms in total. The van der Waals surface area contributed by atoms with Crippen LogP contribution in [0.3, 0.4) is 0 Å². The van der Waals surface area contributed by atoms with Crippen LogP contribution in [0.4, 0.5) is 0 Å². The number of nitrogens with one attached hydrogen (secondary N) is 2. The molecule has 2 aliphatic rings. The molecular weight excluding hydrogens is 286 g/mol. The summed E-state index contributed by atoms with van der Waals surface area (Å²) in [7, 11) is -3.39. The van der Waals surface area contributed by atoms with Gasteiger partial charge in [-0.05, 0) is 45.1 Å². The molecule has 2 unspecified atom stereocenters. The lowest BCUT2D eigenvalue weighted by Gasteiger charge is -2.13. The molecule has 1 aromatic rings. The quantitative estimate of drug-likeness (QED) is 0.809. The number of nitrogens with zero attached hydrogens (tertiary/aromatic N) is 1. The van der Waals surface area contributed by atoms with Crippen LogP contribution in [0.5, 0.6) is 0 Å². The maximum absolute atomic E-state index is 12.4. The van der Waals surface area contributed by atoms with Crippen molar-refractivity contribution in [2.75, 3.05) is 0 Å². The van der Waals surface area contributed by atoms with Crippen LogP contribution in [-0.2, 0) is 16.6 Å². The lowest BCUT2D eigenvalue weighted by atomic mass is 10.3. The molecular formula is C15H25N3O2S. The number of hydrogen-bond acceptors (Lipinski definition) is 3. The Bertz CT molecular complexity index is 617. The van der Waals surface area contributed by atoms with E-state index in [4.69, 9.17) is 0 Å².